The predicted molar refractivity (Wildman–Crippen MR) is 106 cm³/mol. The number of benzene rings is 1. The Morgan fingerprint density at radius 2 is 1.79 bits per heavy atom. The van der Waals surface area contributed by atoms with Gasteiger partial charge in [-0.25, -0.2) is 4.79 Å². The molecule has 0 radical (unpaired) electrons. The van der Waals surface area contributed by atoms with E-state index in [9.17, 15) is 14.4 Å². The molecule has 1 aromatic carbocycles. The van der Waals surface area contributed by atoms with Gasteiger partial charge in [-0.05, 0) is 48.6 Å². The van der Waals surface area contributed by atoms with Crippen molar-refractivity contribution in [3.05, 3.63) is 59.5 Å². The molecule has 0 spiro atoms. The standard InChI is InChI=1S/C22H26N2O5/c1-15(2)19(23-20(25)18-6-5-13-28-18)22(27)29-14-16-7-9-17(10-8-16)21(26)24-11-3-4-12-24/h5-10,13,15,19H,3-4,11-12,14H2,1-2H3,(H,23,25)/t19-/m0/s1. The van der Waals surface area contributed by atoms with Gasteiger partial charge in [0, 0.05) is 18.7 Å². The van der Waals surface area contributed by atoms with Gasteiger partial charge >= 0.3 is 5.97 Å². The van der Waals surface area contributed by atoms with Gasteiger partial charge in [-0.3, -0.25) is 9.59 Å². The van der Waals surface area contributed by atoms with Crippen LogP contribution in [0.4, 0.5) is 0 Å². The van der Waals surface area contributed by atoms with Gasteiger partial charge in [0.15, 0.2) is 5.76 Å². The Kier molecular flexibility index (Phi) is 6.69. The highest BCUT2D eigenvalue weighted by Gasteiger charge is 2.27. The van der Waals surface area contributed by atoms with E-state index in [1.807, 2.05) is 18.7 Å². The number of carbonyl (C=O) groups excluding carboxylic acids is 3. The number of furan rings is 1. The van der Waals surface area contributed by atoms with E-state index in [1.54, 1.807) is 30.3 Å². The highest BCUT2D eigenvalue weighted by Crippen LogP contribution is 2.15. The molecule has 1 aliphatic rings. The zero-order chi connectivity index (χ0) is 20.8. The Bertz CT molecular complexity index is 837. The van der Waals surface area contributed by atoms with Gasteiger partial charge in [0.05, 0.1) is 6.26 Å². The number of nitrogens with one attached hydrogen (secondary N) is 1. The number of carbonyl (C=O) groups is 3. The minimum Gasteiger partial charge on any atom is -0.459 e. The van der Waals surface area contributed by atoms with Crippen molar-refractivity contribution in [2.45, 2.75) is 39.3 Å². The summed E-state index contributed by atoms with van der Waals surface area (Å²) in [4.78, 5) is 38.9. The van der Waals surface area contributed by atoms with Crippen LogP contribution in [-0.4, -0.2) is 41.8 Å². The molecule has 29 heavy (non-hydrogen) atoms. The van der Waals surface area contributed by atoms with Gasteiger partial charge in [-0.1, -0.05) is 26.0 Å². The fraction of sp³-hybridized carbons (Fsp3) is 0.409. The maximum absolute atomic E-state index is 12.5. The number of hydrogen-bond acceptors (Lipinski definition) is 5. The highest BCUT2D eigenvalue weighted by molar-refractivity contribution is 5.95. The second kappa shape index (κ2) is 9.41. The lowest BCUT2D eigenvalue weighted by molar-refractivity contribution is -0.148. The first kappa shape index (κ1) is 20.6. The van der Waals surface area contributed by atoms with Gasteiger partial charge < -0.3 is 19.4 Å². The van der Waals surface area contributed by atoms with Crippen LogP contribution in [0.25, 0.3) is 0 Å². The molecule has 154 valence electrons. The average molecular weight is 398 g/mol. The third-order valence-electron chi connectivity index (χ3n) is 4.93. The molecule has 2 amide bonds. The van der Waals surface area contributed by atoms with E-state index in [0.29, 0.717) is 5.56 Å². The molecule has 1 aromatic heterocycles. The Morgan fingerprint density at radius 1 is 1.10 bits per heavy atom. The van der Waals surface area contributed by atoms with Gasteiger partial charge in [-0.15, -0.1) is 0 Å². The number of likely N-dealkylation sites (tertiary alicyclic amines) is 1. The van der Waals surface area contributed by atoms with Crippen LogP contribution in [-0.2, 0) is 16.1 Å². The molecule has 0 bridgehead atoms. The number of hydrogen-bond donors (Lipinski definition) is 1. The summed E-state index contributed by atoms with van der Waals surface area (Å²) in [6, 6.07) is 9.41. The molecule has 0 saturated carbocycles. The van der Waals surface area contributed by atoms with Gasteiger partial charge in [0.1, 0.15) is 12.6 Å². The normalized spacial score (nSPS) is 14.7. The first-order valence-corrected chi connectivity index (χ1v) is 9.85. The fourth-order valence-corrected chi connectivity index (χ4v) is 3.21. The molecule has 0 aliphatic carbocycles. The maximum Gasteiger partial charge on any atom is 0.329 e. The maximum atomic E-state index is 12.5. The van der Waals surface area contributed by atoms with E-state index in [1.165, 1.54) is 12.3 Å². The third kappa shape index (κ3) is 5.25. The van der Waals surface area contributed by atoms with Crippen molar-refractivity contribution >= 4 is 17.8 Å². The second-order valence-electron chi connectivity index (χ2n) is 7.48. The summed E-state index contributed by atoms with van der Waals surface area (Å²) in [6.07, 6.45) is 3.50. The molecule has 1 saturated heterocycles. The lowest BCUT2D eigenvalue weighted by Crippen LogP contribution is -2.45. The van der Waals surface area contributed by atoms with Crippen LogP contribution < -0.4 is 5.32 Å². The smallest absolute Gasteiger partial charge is 0.329 e. The summed E-state index contributed by atoms with van der Waals surface area (Å²) in [5, 5.41) is 2.65. The molecule has 1 N–H and O–H groups in total. The molecule has 2 heterocycles. The van der Waals surface area contributed by atoms with Crippen LogP contribution in [0, 0.1) is 5.92 Å². The molecule has 1 aliphatic heterocycles. The third-order valence-corrected chi connectivity index (χ3v) is 4.93. The van der Waals surface area contributed by atoms with Gasteiger partial charge in [0.2, 0.25) is 0 Å². The molecule has 7 heteroatoms. The van der Waals surface area contributed by atoms with E-state index >= 15 is 0 Å². The number of rotatable bonds is 7. The van der Waals surface area contributed by atoms with Crippen molar-refractivity contribution in [3.63, 3.8) is 0 Å². The zero-order valence-electron chi connectivity index (χ0n) is 16.7. The van der Waals surface area contributed by atoms with E-state index < -0.39 is 17.9 Å². The molecule has 7 nitrogen and oxygen atoms in total. The molecule has 1 fully saturated rings. The molecule has 1 atom stereocenters. The molecule has 0 unspecified atom stereocenters. The van der Waals surface area contributed by atoms with Crippen LogP contribution in [0.3, 0.4) is 0 Å². The Hall–Kier alpha value is -3.09. The number of amides is 2. The van der Waals surface area contributed by atoms with Crippen LogP contribution in [0.5, 0.6) is 0 Å². The van der Waals surface area contributed by atoms with Crippen LogP contribution >= 0.6 is 0 Å². The van der Waals surface area contributed by atoms with Crippen LogP contribution in [0.1, 0.15) is 53.2 Å². The van der Waals surface area contributed by atoms with Crippen molar-refractivity contribution in [1.82, 2.24) is 10.2 Å². The molecular formula is C22H26N2O5. The summed E-state index contributed by atoms with van der Waals surface area (Å²) in [5.74, 6) is -0.956. The first-order valence-electron chi connectivity index (χ1n) is 9.85. The second-order valence-corrected chi connectivity index (χ2v) is 7.48. The van der Waals surface area contributed by atoms with Crippen molar-refractivity contribution in [1.29, 1.82) is 0 Å². The summed E-state index contributed by atoms with van der Waals surface area (Å²) in [7, 11) is 0. The van der Waals surface area contributed by atoms with Gasteiger partial charge in [-0.2, -0.15) is 0 Å². The number of esters is 1. The Balaban J connectivity index is 1.55. The number of nitrogens with zero attached hydrogens (tertiary/aromatic N) is 1. The monoisotopic (exact) mass is 398 g/mol. The Morgan fingerprint density at radius 3 is 2.38 bits per heavy atom. The van der Waals surface area contributed by atoms with E-state index in [4.69, 9.17) is 9.15 Å². The lowest BCUT2D eigenvalue weighted by atomic mass is 10.0. The highest BCUT2D eigenvalue weighted by atomic mass is 16.5. The summed E-state index contributed by atoms with van der Waals surface area (Å²) in [5.41, 5.74) is 1.41. The summed E-state index contributed by atoms with van der Waals surface area (Å²) in [6.45, 7) is 5.33. The fourth-order valence-electron chi connectivity index (χ4n) is 3.21. The molecule has 3 rings (SSSR count). The van der Waals surface area contributed by atoms with Crippen LogP contribution in [0.2, 0.25) is 0 Å². The summed E-state index contributed by atoms with van der Waals surface area (Å²) >= 11 is 0. The van der Waals surface area contributed by atoms with Crippen LogP contribution in [0.15, 0.2) is 47.1 Å². The van der Waals surface area contributed by atoms with Crippen molar-refractivity contribution in [3.8, 4) is 0 Å². The summed E-state index contributed by atoms with van der Waals surface area (Å²) < 4.78 is 10.4. The molecule has 2 aromatic rings. The van der Waals surface area contributed by atoms with E-state index in [0.717, 1.165) is 31.5 Å². The topological polar surface area (TPSA) is 88.9 Å². The zero-order valence-corrected chi connectivity index (χ0v) is 16.7. The average Bonchev–Trinajstić information content (AvgIpc) is 3.44. The minimum atomic E-state index is -0.788. The first-order chi connectivity index (χ1) is 14.0. The van der Waals surface area contributed by atoms with Crippen molar-refractivity contribution in [2.75, 3.05) is 13.1 Å². The van der Waals surface area contributed by atoms with Crippen molar-refractivity contribution in [2.24, 2.45) is 5.92 Å². The lowest BCUT2D eigenvalue weighted by Gasteiger charge is -2.20. The number of ether oxygens (including phenoxy) is 1. The largest absolute Gasteiger partial charge is 0.459 e. The van der Waals surface area contributed by atoms with Gasteiger partial charge in [0.25, 0.3) is 11.8 Å². The minimum absolute atomic E-state index is 0.0338. The predicted octanol–water partition coefficient (Wildman–Crippen LogP) is 3.01. The molecular weight excluding hydrogens is 372 g/mol. The quantitative estimate of drug-likeness (QED) is 0.724. The SMILES string of the molecule is CC(C)[C@H](NC(=O)c1ccco1)C(=O)OCc1ccc(C(=O)N2CCCC2)cc1. The van der Waals surface area contributed by atoms with E-state index in [2.05, 4.69) is 5.32 Å². The Labute approximate surface area is 170 Å². The van der Waals surface area contributed by atoms with E-state index in [-0.39, 0.29) is 24.2 Å². The van der Waals surface area contributed by atoms with Crippen molar-refractivity contribution < 1.29 is 23.5 Å².